The maximum Gasteiger partial charge on any atom is 0.329 e. The number of hydrogen-bond donors (Lipinski definition) is 4. The summed E-state index contributed by atoms with van der Waals surface area (Å²) in [4.78, 5) is 51.5. The van der Waals surface area contributed by atoms with E-state index in [9.17, 15) is 19.2 Å². The quantitative estimate of drug-likeness (QED) is 0.214. The molecule has 0 radical (unpaired) electrons. The van der Waals surface area contributed by atoms with Crippen LogP contribution in [-0.2, 0) is 32.3 Å². The zero-order valence-corrected chi connectivity index (χ0v) is 19.4. The van der Waals surface area contributed by atoms with Gasteiger partial charge in [0.1, 0.15) is 11.5 Å². The van der Waals surface area contributed by atoms with Gasteiger partial charge in [0, 0.05) is 24.6 Å². The first-order valence-electron chi connectivity index (χ1n) is 9.95. The second-order valence-electron chi connectivity index (χ2n) is 6.81. The minimum Gasteiger partial charge on any atom is -0.458 e. The Labute approximate surface area is 208 Å². The Balaban J connectivity index is 1.41. The molecule has 0 spiro atoms. The molecule has 180 valence electrons. The number of nitrogens with zero attached hydrogens (tertiary/aromatic N) is 2. The predicted octanol–water partition coefficient (Wildman–Crippen LogP) is 2.00. The summed E-state index contributed by atoms with van der Waals surface area (Å²) in [6, 6.07) is 10.9. The lowest BCUT2D eigenvalue weighted by atomic mass is 10.3. The average Bonchev–Trinajstić information content (AvgIpc) is 3.31. The number of benzene rings is 1. The second-order valence-corrected chi connectivity index (χ2v) is 7.63. The molecule has 3 aromatic rings. The monoisotopic (exact) mass is 516 g/mol. The molecular weight excluding hydrogens is 499 g/mol. The molecule has 0 aliphatic carbocycles. The number of carbonyl (C=O) groups is 4. The Morgan fingerprint density at radius 1 is 0.914 bits per heavy atom. The summed E-state index contributed by atoms with van der Waals surface area (Å²) < 4.78 is 5.42. The minimum absolute atomic E-state index is 0.0788. The second kappa shape index (κ2) is 12.3. The third-order valence-corrected chi connectivity index (χ3v) is 4.97. The van der Waals surface area contributed by atoms with E-state index in [0.29, 0.717) is 16.5 Å². The molecule has 13 heteroatoms. The van der Waals surface area contributed by atoms with Gasteiger partial charge >= 0.3 is 23.6 Å². The van der Waals surface area contributed by atoms with Crippen molar-refractivity contribution < 1.29 is 23.6 Å². The molecular formula is C22H18Cl2N6O5. The van der Waals surface area contributed by atoms with Gasteiger partial charge in [0.25, 0.3) is 0 Å². The van der Waals surface area contributed by atoms with Crippen molar-refractivity contribution >= 4 is 58.7 Å². The molecule has 4 N–H and O–H groups in total. The number of furan rings is 1. The molecule has 2 heterocycles. The maximum absolute atomic E-state index is 12.0. The summed E-state index contributed by atoms with van der Waals surface area (Å²) in [5.41, 5.74) is 3.12. The topological polar surface area (TPSA) is 155 Å². The van der Waals surface area contributed by atoms with Crippen LogP contribution >= 0.6 is 23.2 Å². The van der Waals surface area contributed by atoms with Crippen LogP contribution in [0.3, 0.4) is 0 Å². The molecule has 35 heavy (non-hydrogen) atoms. The van der Waals surface area contributed by atoms with Gasteiger partial charge in [0.15, 0.2) is 0 Å². The zero-order valence-electron chi connectivity index (χ0n) is 17.9. The average molecular weight is 517 g/mol. The van der Waals surface area contributed by atoms with E-state index in [1.54, 1.807) is 30.6 Å². The van der Waals surface area contributed by atoms with Crippen LogP contribution in [-0.4, -0.2) is 34.8 Å². The molecule has 0 atom stereocenters. The highest BCUT2D eigenvalue weighted by Gasteiger charge is 2.15. The Morgan fingerprint density at radius 2 is 1.69 bits per heavy atom. The lowest BCUT2D eigenvalue weighted by molar-refractivity contribution is -0.139. The molecule has 3 rings (SSSR count). The molecule has 2 aromatic heterocycles. The van der Waals surface area contributed by atoms with Crippen LogP contribution < -0.4 is 21.4 Å². The van der Waals surface area contributed by atoms with Gasteiger partial charge < -0.3 is 20.4 Å². The Hall–Kier alpha value is -4.22. The van der Waals surface area contributed by atoms with Crippen LogP contribution in [0.5, 0.6) is 0 Å². The molecule has 0 fully saturated rings. The molecule has 0 saturated carbocycles. The number of amides is 4. The van der Waals surface area contributed by atoms with Gasteiger partial charge in [0.2, 0.25) is 0 Å². The molecule has 0 aliphatic rings. The SMILES string of the molecule is O=C(NCc1cccnc1)C(=O)N/N=C/c1ccc(CNC(=O)C(=O)Nc2ccc(Cl)c(Cl)c2)o1. The first-order valence-corrected chi connectivity index (χ1v) is 10.7. The standard InChI is InChI=1S/C22H18Cl2N6O5/c23-17-6-3-14(8-18(17)24)29-21(33)19(31)27-11-15-4-5-16(35-15)12-28-30-22(34)20(32)26-10-13-2-1-7-25-9-13/h1-9,12H,10-11H2,(H,26,32)(H,27,31)(H,29,33)(H,30,34)/b28-12+. The number of aromatic nitrogens is 1. The summed E-state index contributed by atoms with van der Waals surface area (Å²) in [7, 11) is 0. The number of rotatable bonds is 7. The largest absolute Gasteiger partial charge is 0.458 e. The fraction of sp³-hybridized carbons (Fsp3) is 0.0909. The summed E-state index contributed by atoms with van der Waals surface area (Å²) in [6.07, 6.45) is 4.33. The van der Waals surface area contributed by atoms with Crippen LogP contribution in [0.4, 0.5) is 5.69 Å². The van der Waals surface area contributed by atoms with Crippen LogP contribution in [0.1, 0.15) is 17.1 Å². The van der Waals surface area contributed by atoms with Crippen molar-refractivity contribution in [1.29, 1.82) is 0 Å². The van der Waals surface area contributed by atoms with Crippen molar-refractivity contribution in [3.63, 3.8) is 0 Å². The van der Waals surface area contributed by atoms with E-state index in [-0.39, 0.29) is 23.9 Å². The zero-order chi connectivity index (χ0) is 25.2. The van der Waals surface area contributed by atoms with E-state index in [0.717, 1.165) is 5.56 Å². The summed E-state index contributed by atoms with van der Waals surface area (Å²) >= 11 is 11.7. The normalized spacial score (nSPS) is 10.6. The molecule has 0 aliphatic heterocycles. The summed E-state index contributed by atoms with van der Waals surface area (Å²) in [6.45, 7) is 0.0626. The predicted molar refractivity (Wildman–Crippen MR) is 127 cm³/mol. The molecule has 4 amide bonds. The first-order chi connectivity index (χ1) is 16.8. The Morgan fingerprint density at radius 3 is 2.43 bits per heavy atom. The first kappa shape index (κ1) is 25.4. The van der Waals surface area contributed by atoms with Gasteiger partial charge in [-0.15, -0.1) is 0 Å². The number of pyridine rings is 1. The number of nitrogens with one attached hydrogen (secondary N) is 4. The number of hydrogen-bond acceptors (Lipinski definition) is 7. The molecule has 1 aromatic carbocycles. The van der Waals surface area contributed by atoms with Crippen molar-refractivity contribution in [2.75, 3.05) is 5.32 Å². The van der Waals surface area contributed by atoms with Crippen LogP contribution in [0, 0.1) is 0 Å². The third-order valence-electron chi connectivity index (χ3n) is 4.23. The van der Waals surface area contributed by atoms with Crippen molar-refractivity contribution in [2.24, 2.45) is 5.10 Å². The maximum atomic E-state index is 12.0. The van der Waals surface area contributed by atoms with Crippen LogP contribution in [0.2, 0.25) is 10.0 Å². The van der Waals surface area contributed by atoms with E-state index < -0.39 is 23.6 Å². The van der Waals surface area contributed by atoms with Gasteiger partial charge in [-0.05, 0) is 42.0 Å². The Kier molecular flexibility index (Phi) is 8.93. The van der Waals surface area contributed by atoms with Gasteiger partial charge in [-0.2, -0.15) is 5.10 Å². The van der Waals surface area contributed by atoms with Crippen molar-refractivity contribution in [1.82, 2.24) is 21.0 Å². The summed E-state index contributed by atoms with van der Waals surface area (Å²) in [5, 5.41) is 11.4. The van der Waals surface area contributed by atoms with E-state index in [4.69, 9.17) is 27.6 Å². The van der Waals surface area contributed by atoms with E-state index in [2.05, 4.69) is 31.5 Å². The van der Waals surface area contributed by atoms with E-state index >= 15 is 0 Å². The van der Waals surface area contributed by atoms with Gasteiger partial charge in [-0.25, -0.2) is 5.43 Å². The number of carbonyl (C=O) groups excluding carboxylic acids is 4. The lowest BCUT2D eigenvalue weighted by Gasteiger charge is -2.06. The van der Waals surface area contributed by atoms with Crippen molar-refractivity contribution in [3.8, 4) is 0 Å². The minimum atomic E-state index is -0.961. The number of halogens is 2. The van der Waals surface area contributed by atoms with E-state index in [1.165, 1.54) is 30.5 Å². The number of anilines is 1. The summed E-state index contributed by atoms with van der Waals surface area (Å²) in [5.74, 6) is -3.06. The van der Waals surface area contributed by atoms with E-state index in [1.807, 2.05) is 0 Å². The van der Waals surface area contributed by atoms with Gasteiger partial charge in [-0.1, -0.05) is 29.3 Å². The Bertz CT molecular complexity index is 1260. The highest BCUT2D eigenvalue weighted by molar-refractivity contribution is 6.43. The smallest absolute Gasteiger partial charge is 0.329 e. The highest BCUT2D eigenvalue weighted by atomic mass is 35.5. The fourth-order valence-corrected chi connectivity index (χ4v) is 2.84. The third kappa shape index (κ3) is 7.95. The lowest BCUT2D eigenvalue weighted by Crippen LogP contribution is -2.37. The van der Waals surface area contributed by atoms with Crippen LogP contribution in [0.25, 0.3) is 0 Å². The van der Waals surface area contributed by atoms with Crippen LogP contribution in [0.15, 0.2) is 64.4 Å². The van der Waals surface area contributed by atoms with Crippen molar-refractivity contribution in [3.05, 3.63) is 82.0 Å². The molecule has 0 unspecified atom stereocenters. The highest BCUT2D eigenvalue weighted by Crippen LogP contribution is 2.24. The fourth-order valence-electron chi connectivity index (χ4n) is 2.54. The number of hydrazone groups is 1. The molecule has 0 saturated heterocycles. The molecule has 11 nitrogen and oxygen atoms in total. The molecule has 0 bridgehead atoms. The van der Waals surface area contributed by atoms with Gasteiger partial charge in [0.05, 0.1) is 22.8 Å². The van der Waals surface area contributed by atoms with Crippen molar-refractivity contribution in [2.45, 2.75) is 13.1 Å². The van der Waals surface area contributed by atoms with Gasteiger partial charge in [-0.3, -0.25) is 24.2 Å².